The molecule has 0 aliphatic heterocycles. The van der Waals surface area contributed by atoms with Crippen LogP contribution in [0, 0.1) is 0 Å². The predicted octanol–water partition coefficient (Wildman–Crippen LogP) is 4.11. The Balaban J connectivity index is 2.22. The van der Waals surface area contributed by atoms with Crippen LogP contribution >= 0.6 is 0 Å². The Morgan fingerprint density at radius 3 is 2.26 bits per heavy atom. The highest BCUT2D eigenvalue weighted by Gasteiger charge is 2.32. The number of hydrogen-bond donors (Lipinski definition) is 0. The van der Waals surface area contributed by atoms with Crippen LogP contribution in [0.25, 0.3) is 11.3 Å². The maximum atomic E-state index is 12.4. The molecule has 0 spiro atoms. The Bertz CT molecular complexity index is 530. The van der Waals surface area contributed by atoms with Crippen molar-refractivity contribution in [3.8, 4) is 11.3 Å². The third-order valence-corrected chi connectivity index (χ3v) is 2.71. The zero-order valence-corrected chi connectivity index (χ0v) is 10.4. The first-order chi connectivity index (χ1) is 9.00. The highest BCUT2D eigenvalue weighted by Crippen LogP contribution is 2.28. The van der Waals surface area contributed by atoms with E-state index in [1.165, 1.54) is 12.3 Å². The van der Waals surface area contributed by atoms with Gasteiger partial charge in [-0.05, 0) is 30.2 Å². The van der Waals surface area contributed by atoms with Gasteiger partial charge in [-0.15, -0.1) is 0 Å². The smallest absolute Gasteiger partial charge is 0.256 e. The molecule has 0 atom stereocenters. The summed E-state index contributed by atoms with van der Waals surface area (Å²) in [5, 5.41) is 0. The van der Waals surface area contributed by atoms with Crippen molar-refractivity contribution in [2.75, 3.05) is 0 Å². The molecule has 2 nitrogen and oxygen atoms in total. The van der Waals surface area contributed by atoms with E-state index in [1.807, 2.05) is 6.07 Å². The van der Waals surface area contributed by atoms with Crippen molar-refractivity contribution < 1.29 is 13.2 Å². The van der Waals surface area contributed by atoms with Crippen molar-refractivity contribution in [1.82, 2.24) is 9.97 Å². The second-order valence-electron chi connectivity index (χ2n) is 4.23. The molecular formula is C14H13F3N2. The summed E-state index contributed by atoms with van der Waals surface area (Å²) in [6.45, 7) is 2.08. The van der Waals surface area contributed by atoms with E-state index < -0.39 is 11.9 Å². The second kappa shape index (κ2) is 5.38. The molecule has 0 aromatic carbocycles. The number of aryl methyl sites for hydroxylation is 1. The van der Waals surface area contributed by atoms with E-state index in [2.05, 4.69) is 16.9 Å². The van der Waals surface area contributed by atoms with Gasteiger partial charge in [-0.3, -0.25) is 9.97 Å². The first-order valence-electron chi connectivity index (χ1n) is 5.99. The molecule has 0 N–H and O–H groups in total. The molecule has 2 heterocycles. The number of pyridine rings is 2. The van der Waals surface area contributed by atoms with E-state index in [9.17, 15) is 13.2 Å². The third-order valence-electron chi connectivity index (χ3n) is 2.71. The highest BCUT2D eigenvalue weighted by atomic mass is 19.4. The van der Waals surface area contributed by atoms with Crippen molar-refractivity contribution in [1.29, 1.82) is 0 Å². The lowest BCUT2D eigenvalue weighted by Gasteiger charge is -2.06. The molecule has 0 radical (unpaired) electrons. The molecule has 5 heteroatoms. The molecule has 0 bridgehead atoms. The van der Waals surface area contributed by atoms with Crippen LogP contribution in [-0.4, -0.2) is 9.97 Å². The first-order valence-corrected chi connectivity index (χ1v) is 5.99. The normalized spacial score (nSPS) is 11.6. The Morgan fingerprint density at radius 1 is 1.00 bits per heavy atom. The van der Waals surface area contributed by atoms with E-state index in [4.69, 9.17) is 0 Å². The van der Waals surface area contributed by atoms with Gasteiger partial charge in [0, 0.05) is 18.0 Å². The minimum absolute atomic E-state index is 0.580. The molecule has 2 aromatic rings. The van der Waals surface area contributed by atoms with E-state index in [1.54, 1.807) is 12.3 Å². The fourth-order valence-electron chi connectivity index (χ4n) is 1.74. The highest BCUT2D eigenvalue weighted by molar-refractivity contribution is 5.57. The van der Waals surface area contributed by atoms with Crippen LogP contribution in [0.4, 0.5) is 13.2 Å². The van der Waals surface area contributed by atoms with Gasteiger partial charge >= 0.3 is 6.18 Å². The monoisotopic (exact) mass is 266 g/mol. The standard InChI is InChI=1S/C14H13F3N2/c1-2-3-10-4-6-12(18-8-10)11-5-7-13(19-9-11)14(15,16)17/h4-9H,2-3H2,1H3. The summed E-state index contributed by atoms with van der Waals surface area (Å²) in [5.41, 5.74) is 1.43. The maximum absolute atomic E-state index is 12.4. The molecule has 0 aliphatic carbocycles. The summed E-state index contributed by atoms with van der Waals surface area (Å²) in [6.07, 6.45) is 0.513. The van der Waals surface area contributed by atoms with Crippen molar-refractivity contribution in [3.63, 3.8) is 0 Å². The van der Waals surface area contributed by atoms with Gasteiger partial charge < -0.3 is 0 Å². The first kappa shape index (κ1) is 13.5. The molecule has 0 unspecified atom stereocenters. The van der Waals surface area contributed by atoms with E-state index >= 15 is 0 Å². The van der Waals surface area contributed by atoms with Crippen LogP contribution in [0.2, 0.25) is 0 Å². The topological polar surface area (TPSA) is 25.8 Å². The molecule has 2 aromatic heterocycles. The summed E-state index contributed by atoms with van der Waals surface area (Å²) in [4.78, 5) is 7.66. The van der Waals surface area contributed by atoms with Crippen LogP contribution in [-0.2, 0) is 12.6 Å². The van der Waals surface area contributed by atoms with Crippen LogP contribution in [0.15, 0.2) is 36.7 Å². The van der Waals surface area contributed by atoms with Gasteiger partial charge in [0.2, 0.25) is 0 Å². The lowest BCUT2D eigenvalue weighted by atomic mass is 10.1. The summed E-state index contributed by atoms with van der Waals surface area (Å²) < 4.78 is 37.1. The SMILES string of the molecule is CCCc1ccc(-c2ccc(C(F)(F)F)nc2)nc1. The fraction of sp³-hybridized carbons (Fsp3) is 0.286. The fourth-order valence-corrected chi connectivity index (χ4v) is 1.74. The maximum Gasteiger partial charge on any atom is 0.433 e. The molecule has 0 saturated heterocycles. The summed E-state index contributed by atoms with van der Waals surface area (Å²) in [7, 11) is 0. The van der Waals surface area contributed by atoms with Gasteiger partial charge in [0.15, 0.2) is 0 Å². The molecule has 0 fully saturated rings. The van der Waals surface area contributed by atoms with Gasteiger partial charge in [0.1, 0.15) is 5.69 Å². The Labute approximate surface area is 109 Å². The number of nitrogens with zero attached hydrogens (tertiary/aromatic N) is 2. The molecule has 0 aliphatic rings. The lowest BCUT2D eigenvalue weighted by molar-refractivity contribution is -0.141. The van der Waals surface area contributed by atoms with Crippen LogP contribution in [0.1, 0.15) is 24.6 Å². The van der Waals surface area contributed by atoms with Gasteiger partial charge in [-0.2, -0.15) is 13.2 Å². The summed E-state index contributed by atoms with van der Waals surface area (Å²) in [6, 6.07) is 6.09. The summed E-state index contributed by atoms with van der Waals surface area (Å²) >= 11 is 0. The third kappa shape index (κ3) is 3.30. The Kier molecular flexibility index (Phi) is 3.83. The quantitative estimate of drug-likeness (QED) is 0.835. The molecule has 19 heavy (non-hydrogen) atoms. The Hall–Kier alpha value is -1.91. The average molecular weight is 266 g/mol. The number of rotatable bonds is 3. The Morgan fingerprint density at radius 2 is 1.79 bits per heavy atom. The van der Waals surface area contributed by atoms with Gasteiger partial charge in [-0.25, -0.2) is 0 Å². The van der Waals surface area contributed by atoms with E-state index in [0.717, 1.165) is 24.5 Å². The minimum Gasteiger partial charge on any atom is -0.256 e. The number of halogens is 3. The summed E-state index contributed by atoms with van der Waals surface area (Å²) in [5.74, 6) is 0. The predicted molar refractivity (Wildman–Crippen MR) is 66.5 cm³/mol. The molecule has 100 valence electrons. The zero-order chi connectivity index (χ0) is 13.9. The van der Waals surface area contributed by atoms with Gasteiger partial charge in [0.05, 0.1) is 5.69 Å². The lowest BCUT2D eigenvalue weighted by Crippen LogP contribution is -2.07. The molecule has 2 rings (SSSR count). The minimum atomic E-state index is -4.41. The van der Waals surface area contributed by atoms with Gasteiger partial charge in [0.25, 0.3) is 0 Å². The zero-order valence-electron chi connectivity index (χ0n) is 10.4. The van der Waals surface area contributed by atoms with Crippen molar-refractivity contribution in [2.24, 2.45) is 0 Å². The average Bonchev–Trinajstić information content (AvgIpc) is 2.39. The largest absolute Gasteiger partial charge is 0.433 e. The number of hydrogen-bond acceptors (Lipinski definition) is 2. The van der Waals surface area contributed by atoms with Crippen LogP contribution in [0.5, 0.6) is 0 Å². The molecular weight excluding hydrogens is 253 g/mol. The van der Waals surface area contributed by atoms with Crippen LogP contribution < -0.4 is 0 Å². The number of aromatic nitrogens is 2. The van der Waals surface area contributed by atoms with Gasteiger partial charge in [-0.1, -0.05) is 19.4 Å². The molecule has 0 saturated carbocycles. The van der Waals surface area contributed by atoms with Crippen molar-refractivity contribution >= 4 is 0 Å². The van der Waals surface area contributed by atoms with Crippen LogP contribution in [0.3, 0.4) is 0 Å². The van der Waals surface area contributed by atoms with Crippen molar-refractivity contribution in [2.45, 2.75) is 25.9 Å². The second-order valence-corrected chi connectivity index (χ2v) is 4.23. The van der Waals surface area contributed by atoms with E-state index in [0.29, 0.717) is 11.3 Å². The number of alkyl halides is 3. The van der Waals surface area contributed by atoms with Crippen molar-refractivity contribution in [3.05, 3.63) is 47.9 Å². The molecule has 0 amide bonds. The van der Waals surface area contributed by atoms with E-state index in [-0.39, 0.29) is 0 Å².